The molecule has 4 amide bonds. The van der Waals surface area contributed by atoms with Crippen LogP contribution in [0.3, 0.4) is 0 Å². The van der Waals surface area contributed by atoms with Crippen LogP contribution in [-0.4, -0.2) is 106 Å². The molecule has 2 aliphatic heterocycles. The Morgan fingerprint density at radius 2 is 0.861 bits per heavy atom. The molecule has 672 valence electrons. The predicted octanol–water partition coefficient (Wildman–Crippen LogP) is 17.8. The SMILES string of the molecule is CC(=O)O[C@H]1/C(C)=C/[C@H](C)[C@@H](O)[C@@H](C)C[C@H](C)CC2=C(CCC(=O)Nc3ccc(C(=O)[O-])cc3)C(=O)C=C(NC(=O)/C(C)=C/C=C\[C@@H]1C)C2=O.CC(=O)O[C@H]1/C(C)=C/[C@H](C)[C@@H](O)[C@@H](C)C[C@H](C)CC2=C(CCCCC(=O)Nc3ccc(OP(C)(=O)[O-])cc3)C(=O)C=C(NC(=O)/C(C)=C/C=C\[C@@H]1C)C2=O.CCCCCCCCCCCCCCCCCC. The average molecular weight is 1710 g/mol. The number of Topliss-reactive ketones (excluding diaryl/α,β-unsaturated/α-hetero) is 2. The van der Waals surface area contributed by atoms with Crippen LogP contribution < -0.4 is 35.8 Å². The second-order valence-electron chi connectivity index (χ2n) is 34.1. The number of anilines is 2. The lowest BCUT2D eigenvalue weighted by Gasteiger charge is -2.28. The zero-order valence-electron chi connectivity index (χ0n) is 75.5. The summed E-state index contributed by atoms with van der Waals surface area (Å²) in [5.74, 6) is -7.56. The van der Waals surface area contributed by atoms with Gasteiger partial charge < -0.3 is 60.3 Å². The first-order valence-corrected chi connectivity index (χ1v) is 46.1. The van der Waals surface area contributed by atoms with Crippen LogP contribution in [0.4, 0.5) is 11.4 Å². The number of rotatable bonds is 30. The molecule has 13 atom stereocenters. The van der Waals surface area contributed by atoms with Gasteiger partial charge in [-0.2, -0.15) is 0 Å². The van der Waals surface area contributed by atoms with Crippen molar-refractivity contribution in [3.05, 3.63) is 171 Å². The van der Waals surface area contributed by atoms with Crippen molar-refractivity contribution in [1.82, 2.24) is 10.6 Å². The van der Waals surface area contributed by atoms with Gasteiger partial charge in [0.2, 0.25) is 23.4 Å². The zero-order valence-corrected chi connectivity index (χ0v) is 76.4. The van der Waals surface area contributed by atoms with Gasteiger partial charge in [0.1, 0.15) is 18.0 Å². The summed E-state index contributed by atoms with van der Waals surface area (Å²) < 4.78 is 27.5. The summed E-state index contributed by atoms with van der Waals surface area (Å²) in [6.07, 6.45) is 39.4. The minimum Gasteiger partial charge on any atom is -0.769 e. The topological polar surface area (TPSA) is 367 Å². The van der Waals surface area contributed by atoms with E-state index < -0.39 is 85.0 Å². The highest BCUT2D eigenvalue weighted by molar-refractivity contribution is 7.50. The number of nitrogens with one attached hydrogen (secondary N) is 4. The molecule has 0 saturated carbocycles. The molecule has 0 aromatic heterocycles. The quantitative estimate of drug-likeness (QED) is 0.0139. The van der Waals surface area contributed by atoms with Crippen LogP contribution in [0.15, 0.2) is 165 Å². The molecule has 24 heteroatoms. The number of ether oxygens (including phenoxy) is 2. The van der Waals surface area contributed by atoms with E-state index in [2.05, 4.69) is 35.1 Å². The van der Waals surface area contributed by atoms with Crippen molar-refractivity contribution in [2.24, 2.45) is 47.3 Å². The molecule has 2 aromatic carbocycles. The number of aliphatic hydroxyl groups is 2. The lowest BCUT2D eigenvalue weighted by atomic mass is 9.80. The maximum Gasteiger partial charge on any atom is 0.303 e. The molecule has 4 bridgehead atoms. The van der Waals surface area contributed by atoms with E-state index in [9.17, 15) is 77.5 Å². The van der Waals surface area contributed by atoms with Gasteiger partial charge in [0.05, 0.1) is 29.6 Å². The van der Waals surface area contributed by atoms with Crippen LogP contribution in [0.5, 0.6) is 5.75 Å². The fourth-order valence-corrected chi connectivity index (χ4v) is 16.3. The number of allylic oxidation sites excluding steroid dienone is 10. The third-order valence-corrected chi connectivity index (χ3v) is 23.0. The van der Waals surface area contributed by atoms with Gasteiger partial charge in [-0.15, -0.1) is 0 Å². The Morgan fingerprint density at radius 1 is 0.500 bits per heavy atom. The molecule has 2 aliphatic carbocycles. The molecule has 0 radical (unpaired) electrons. The molecule has 6 N–H and O–H groups in total. The second-order valence-corrected chi connectivity index (χ2v) is 35.9. The number of carbonyl (C=O) groups excluding carboxylic acids is 11. The first-order chi connectivity index (χ1) is 57.6. The van der Waals surface area contributed by atoms with Gasteiger partial charge in [0.25, 0.3) is 11.8 Å². The Morgan fingerprint density at radius 3 is 1.22 bits per heavy atom. The minimum atomic E-state index is -3.96. The summed E-state index contributed by atoms with van der Waals surface area (Å²) in [5.41, 5.74) is 3.67. The summed E-state index contributed by atoms with van der Waals surface area (Å²) >= 11 is 0. The Kier molecular flexibility index (Phi) is 46.8. The van der Waals surface area contributed by atoms with Crippen LogP contribution in [0.2, 0.25) is 0 Å². The molecule has 2 heterocycles. The van der Waals surface area contributed by atoms with E-state index in [1.165, 1.54) is 165 Å². The summed E-state index contributed by atoms with van der Waals surface area (Å²) in [4.78, 5) is 153. The molecular weight excluding hydrogens is 1570 g/mol. The van der Waals surface area contributed by atoms with Gasteiger partial charge in [0.15, 0.2) is 19.2 Å². The van der Waals surface area contributed by atoms with Crippen molar-refractivity contribution in [3.8, 4) is 5.75 Å². The molecule has 0 fully saturated rings. The highest BCUT2D eigenvalue weighted by Gasteiger charge is 2.35. The van der Waals surface area contributed by atoms with Gasteiger partial charge >= 0.3 is 11.9 Å². The largest absolute Gasteiger partial charge is 0.769 e. The van der Waals surface area contributed by atoms with E-state index in [4.69, 9.17) is 14.0 Å². The maximum absolute atomic E-state index is 13.9. The molecule has 0 spiro atoms. The van der Waals surface area contributed by atoms with E-state index in [0.717, 1.165) is 30.0 Å². The van der Waals surface area contributed by atoms with E-state index in [0.29, 0.717) is 53.8 Å². The normalized spacial score (nSPS) is 25.8. The molecule has 6 rings (SSSR count). The average Bonchev–Trinajstić information content (AvgIpc) is 0.836. The maximum atomic E-state index is 13.9. The number of carboxylic acids is 1. The van der Waals surface area contributed by atoms with E-state index in [1.54, 1.807) is 44.2 Å². The van der Waals surface area contributed by atoms with E-state index in [-0.39, 0.29) is 137 Å². The van der Waals surface area contributed by atoms with Crippen LogP contribution in [0.1, 0.15) is 288 Å². The van der Waals surface area contributed by atoms with Gasteiger partial charge in [-0.3, -0.25) is 52.5 Å². The number of fused-ring (bicyclic) bond motifs is 4. The van der Waals surface area contributed by atoms with Gasteiger partial charge in [-0.05, 0) is 156 Å². The fraction of sp³-hybridized carbons (Fsp3) is 0.561. The number of carboxylic acid groups (broad SMARTS) is 1. The summed E-state index contributed by atoms with van der Waals surface area (Å²) in [7, 11) is -3.96. The Hall–Kier alpha value is -9.28. The highest BCUT2D eigenvalue weighted by Crippen LogP contribution is 2.37. The van der Waals surface area contributed by atoms with Crippen LogP contribution in [-0.2, 0) is 62.0 Å². The van der Waals surface area contributed by atoms with Crippen molar-refractivity contribution in [1.29, 1.82) is 0 Å². The molecule has 23 nitrogen and oxygen atoms in total. The standard InChI is InChI=1S/C41H55N2O10P.C39H48N2O9.C18H38/c1-24-20-27(4)38(47)28(5)22-29(6)40(52-30(7)44)25(2)12-11-13-26(3)41(49)43-35-23-36(45)33(34(21-24)39(35)48)14-9-10-15-37(46)42-31-16-18-32(19-17-31)53-54(8,50)51;1-21-17-24(4)35(45)25(5)19-26(6)37(50-27(7)42)22(2)9-8-10-23(3)38(47)41-32-20-33(43)30(31(18-21)36(32)46)15-16-34(44)40-29-13-11-28(12-14-29)39(48)49;1-3-5-7-9-11-13-15-17-18-16-14-12-10-8-6-4-2/h11-13,16-19,22-25,27-28,38,40,47H,9-10,14-15,20-21H2,1-8H3,(H,42,46)(H,43,49)(H,50,51);8-14,19-22,24-25,35,37,45H,15-18H2,1-7H3,(H,40,44)(H,41,47)(H,48,49);3-18H2,1-2H3/p-2/b12-11-,26-13+,29-22+;9-8-,23-10+,26-19+;/t24-,25-,27-,28-,38-,40+;21-,22-,24-,25-,35-,37+;/m00./s1. The number of aliphatic hydroxyl groups excluding tert-OH is 2. The van der Waals surface area contributed by atoms with E-state index in [1.807, 2.05) is 87.5 Å². The van der Waals surface area contributed by atoms with Gasteiger partial charge in [0, 0.05) is 114 Å². The summed E-state index contributed by atoms with van der Waals surface area (Å²) in [5, 5.41) is 44.3. The smallest absolute Gasteiger partial charge is 0.303 e. The van der Waals surface area contributed by atoms with Crippen LogP contribution in [0.25, 0.3) is 0 Å². The lowest BCUT2D eigenvalue weighted by Crippen LogP contribution is -2.33. The molecule has 2 aromatic rings. The third-order valence-electron chi connectivity index (χ3n) is 22.5. The number of unbranched alkanes of at least 4 members (excludes halogenated alkanes) is 16. The van der Waals surface area contributed by atoms with Crippen molar-refractivity contribution in [2.45, 2.75) is 302 Å². The van der Waals surface area contributed by atoms with Crippen molar-refractivity contribution in [2.75, 3.05) is 17.3 Å². The Balaban J connectivity index is 0.000000427. The first kappa shape index (κ1) is 105. The van der Waals surface area contributed by atoms with Gasteiger partial charge in [-0.25, -0.2) is 0 Å². The second kappa shape index (κ2) is 54.4. The highest BCUT2D eigenvalue weighted by atomic mass is 31.2. The van der Waals surface area contributed by atoms with E-state index >= 15 is 0 Å². The molecule has 0 saturated heterocycles. The van der Waals surface area contributed by atoms with Crippen molar-refractivity contribution < 1.29 is 91.5 Å². The Labute approximate surface area is 725 Å². The number of esters is 2. The van der Waals surface area contributed by atoms with Gasteiger partial charge in [-0.1, -0.05) is 233 Å². The molecule has 4 aliphatic rings. The number of aromatic carboxylic acids is 1. The van der Waals surface area contributed by atoms with Crippen molar-refractivity contribution in [3.63, 3.8) is 0 Å². The zero-order chi connectivity index (χ0) is 90.9. The minimum absolute atomic E-state index is 0.0424. The third kappa shape index (κ3) is 38.2. The number of hydrogen-bond donors (Lipinski definition) is 6. The number of hydrogen-bond acceptors (Lipinski definition) is 19. The number of carbonyl (C=O) groups is 11. The predicted molar refractivity (Wildman–Crippen MR) is 476 cm³/mol. The summed E-state index contributed by atoms with van der Waals surface area (Å²) in [6, 6.07) is 11.4. The van der Waals surface area contributed by atoms with Crippen LogP contribution >= 0.6 is 7.60 Å². The molecular formula is C98H139N4O19P-2. The van der Waals surface area contributed by atoms with Crippen LogP contribution in [0, 0.1) is 47.3 Å². The molecule has 1 unspecified atom stereocenters. The summed E-state index contributed by atoms with van der Waals surface area (Å²) in [6.45, 7) is 30.4. The Bertz CT molecular complexity index is 4240. The first-order valence-electron chi connectivity index (χ1n) is 44.1. The van der Waals surface area contributed by atoms with Crippen molar-refractivity contribution >= 4 is 83.6 Å². The number of ketones is 4. The number of amides is 4. The fourth-order valence-electron chi connectivity index (χ4n) is 15.8. The lowest BCUT2D eigenvalue weighted by molar-refractivity contribution is -0.255. The number of benzene rings is 2. The monoisotopic (exact) mass is 1710 g/mol. The molecule has 122 heavy (non-hydrogen) atoms.